The highest BCUT2D eigenvalue weighted by atomic mass is 16.5. The SMILES string of the molecule is COC(=O)C1NCCCC1c1cnc[nH]1. The van der Waals surface area contributed by atoms with Crippen LogP contribution in [-0.2, 0) is 9.53 Å². The molecule has 5 nitrogen and oxygen atoms in total. The Morgan fingerprint density at radius 3 is 3.20 bits per heavy atom. The van der Waals surface area contributed by atoms with Crippen LogP contribution in [0.3, 0.4) is 0 Å². The molecule has 1 aromatic heterocycles. The molecule has 2 N–H and O–H groups in total. The van der Waals surface area contributed by atoms with Gasteiger partial charge in [-0.25, -0.2) is 4.98 Å². The molecule has 0 bridgehead atoms. The summed E-state index contributed by atoms with van der Waals surface area (Å²) in [4.78, 5) is 18.6. The molecule has 1 saturated heterocycles. The number of piperidine rings is 1. The lowest BCUT2D eigenvalue weighted by Crippen LogP contribution is -2.46. The molecule has 1 aromatic rings. The van der Waals surface area contributed by atoms with E-state index in [1.54, 1.807) is 12.5 Å². The van der Waals surface area contributed by atoms with Crippen LogP contribution in [-0.4, -0.2) is 35.6 Å². The predicted octanol–water partition coefficient (Wildman–Crippen LogP) is 0.418. The maximum atomic E-state index is 11.6. The molecule has 0 aromatic carbocycles. The van der Waals surface area contributed by atoms with Crippen LogP contribution in [0.5, 0.6) is 0 Å². The largest absolute Gasteiger partial charge is 0.468 e. The zero-order chi connectivity index (χ0) is 10.7. The minimum absolute atomic E-state index is 0.147. The Morgan fingerprint density at radius 1 is 1.67 bits per heavy atom. The van der Waals surface area contributed by atoms with Crippen molar-refractivity contribution in [3.05, 3.63) is 18.2 Å². The third-order valence-corrected chi connectivity index (χ3v) is 2.83. The van der Waals surface area contributed by atoms with E-state index in [9.17, 15) is 4.79 Å². The van der Waals surface area contributed by atoms with Gasteiger partial charge >= 0.3 is 5.97 Å². The maximum Gasteiger partial charge on any atom is 0.323 e. The predicted molar refractivity (Wildman–Crippen MR) is 54.4 cm³/mol. The number of hydrogen-bond acceptors (Lipinski definition) is 4. The first kappa shape index (κ1) is 10.2. The van der Waals surface area contributed by atoms with Gasteiger partial charge in [0, 0.05) is 17.8 Å². The third kappa shape index (κ3) is 2.02. The molecule has 2 heterocycles. The number of nitrogens with one attached hydrogen (secondary N) is 2. The van der Waals surface area contributed by atoms with E-state index in [-0.39, 0.29) is 17.9 Å². The van der Waals surface area contributed by atoms with Gasteiger partial charge in [0.2, 0.25) is 0 Å². The second-order valence-corrected chi connectivity index (χ2v) is 3.71. The molecule has 2 unspecified atom stereocenters. The van der Waals surface area contributed by atoms with E-state index in [1.165, 1.54) is 7.11 Å². The maximum absolute atomic E-state index is 11.6. The molecule has 82 valence electrons. The summed E-state index contributed by atoms with van der Waals surface area (Å²) in [6, 6.07) is -0.246. The Morgan fingerprint density at radius 2 is 2.53 bits per heavy atom. The first-order valence-electron chi connectivity index (χ1n) is 5.12. The molecule has 5 heteroatoms. The normalized spacial score (nSPS) is 26.2. The lowest BCUT2D eigenvalue weighted by atomic mass is 9.88. The summed E-state index contributed by atoms with van der Waals surface area (Å²) in [6.07, 6.45) is 5.46. The van der Waals surface area contributed by atoms with Crippen LogP contribution in [0.4, 0.5) is 0 Å². The molecule has 15 heavy (non-hydrogen) atoms. The summed E-state index contributed by atoms with van der Waals surface area (Å²) >= 11 is 0. The Labute approximate surface area is 88.2 Å². The fourth-order valence-corrected chi connectivity index (χ4v) is 2.07. The molecule has 0 spiro atoms. The number of aromatic amines is 1. The van der Waals surface area contributed by atoms with E-state index in [1.807, 2.05) is 0 Å². The van der Waals surface area contributed by atoms with Crippen LogP contribution >= 0.6 is 0 Å². The van der Waals surface area contributed by atoms with Crippen LogP contribution in [0.1, 0.15) is 24.5 Å². The van der Waals surface area contributed by atoms with E-state index in [2.05, 4.69) is 15.3 Å². The van der Waals surface area contributed by atoms with E-state index in [4.69, 9.17) is 4.74 Å². The van der Waals surface area contributed by atoms with Crippen LogP contribution < -0.4 is 5.32 Å². The minimum atomic E-state index is -0.246. The van der Waals surface area contributed by atoms with Gasteiger partial charge in [-0.2, -0.15) is 0 Å². The van der Waals surface area contributed by atoms with Crippen molar-refractivity contribution >= 4 is 5.97 Å². The van der Waals surface area contributed by atoms with E-state index < -0.39 is 0 Å². The Balaban J connectivity index is 2.16. The molecule has 2 rings (SSSR count). The number of aromatic nitrogens is 2. The van der Waals surface area contributed by atoms with Crippen molar-refractivity contribution in [2.45, 2.75) is 24.8 Å². The van der Waals surface area contributed by atoms with Crippen LogP contribution in [0, 0.1) is 0 Å². The van der Waals surface area contributed by atoms with Crippen molar-refractivity contribution in [2.75, 3.05) is 13.7 Å². The summed E-state index contributed by atoms with van der Waals surface area (Å²) in [5.41, 5.74) is 0.998. The molecule has 2 atom stereocenters. The molecular weight excluding hydrogens is 194 g/mol. The van der Waals surface area contributed by atoms with Crippen molar-refractivity contribution in [2.24, 2.45) is 0 Å². The average Bonchev–Trinajstić information content (AvgIpc) is 2.81. The number of ether oxygens (including phenoxy) is 1. The van der Waals surface area contributed by atoms with Crippen molar-refractivity contribution < 1.29 is 9.53 Å². The van der Waals surface area contributed by atoms with E-state index in [0.29, 0.717) is 0 Å². The zero-order valence-electron chi connectivity index (χ0n) is 8.69. The Kier molecular flexibility index (Phi) is 3.01. The van der Waals surface area contributed by atoms with Crippen molar-refractivity contribution in [3.8, 4) is 0 Å². The minimum Gasteiger partial charge on any atom is -0.468 e. The standard InChI is InChI=1S/C10H15N3O2/c1-15-10(14)9-7(3-2-4-12-9)8-5-11-6-13-8/h5-7,9,12H,2-4H2,1H3,(H,11,13). The molecule has 0 aliphatic carbocycles. The molecule has 1 aliphatic rings. The molecule has 0 saturated carbocycles. The summed E-state index contributed by atoms with van der Waals surface area (Å²) in [5.74, 6) is -0.0528. The van der Waals surface area contributed by atoms with Crippen molar-refractivity contribution in [1.29, 1.82) is 0 Å². The molecular formula is C10H15N3O2. The van der Waals surface area contributed by atoms with Gasteiger partial charge in [0.25, 0.3) is 0 Å². The zero-order valence-corrected chi connectivity index (χ0v) is 8.69. The summed E-state index contributed by atoms with van der Waals surface area (Å²) in [7, 11) is 1.42. The van der Waals surface area contributed by atoms with Crippen LogP contribution in [0.2, 0.25) is 0 Å². The van der Waals surface area contributed by atoms with E-state index >= 15 is 0 Å². The van der Waals surface area contributed by atoms with Gasteiger partial charge < -0.3 is 15.0 Å². The van der Waals surface area contributed by atoms with Gasteiger partial charge in [0.05, 0.1) is 13.4 Å². The fourth-order valence-electron chi connectivity index (χ4n) is 2.07. The van der Waals surface area contributed by atoms with Gasteiger partial charge in [0.15, 0.2) is 0 Å². The second-order valence-electron chi connectivity index (χ2n) is 3.71. The number of carbonyl (C=O) groups excluding carboxylic acids is 1. The highest BCUT2D eigenvalue weighted by molar-refractivity contribution is 5.77. The van der Waals surface area contributed by atoms with Crippen molar-refractivity contribution in [1.82, 2.24) is 15.3 Å². The molecule has 0 radical (unpaired) electrons. The number of carbonyl (C=O) groups is 1. The topological polar surface area (TPSA) is 67.0 Å². The van der Waals surface area contributed by atoms with Crippen LogP contribution in [0.15, 0.2) is 12.5 Å². The molecule has 1 aliphatic heterocycles. The van der Waals surface area contributed by atoms with Gasteiger partial charge in [0.1, 0.15) is 6.04 Å². The van der Waals surface area contributed by atoms with Crippen molar-refractivity contribution in [3.63, 3.8) is 0 Å². The molecule has 0 amide bonds. The monoisotopic (exact) mass is 209 g/mol. The quantitative estimate of drug-likeness (QED) is 0.693. The summed E-state index contributed by atoms with van der Waals surface area (Å²) in [5, 5.41) is 3.19. The average molecular weight is 209 g/mol. The lowest BCUT2D eigenvalue weighted by Gasteiger charge is -2.29. The highest BCUT2D eigenvalue weighted by Gasteiger charge is 2.33. The van der Waals surface area contributed by atoms with Gasteiger partial charge in [-0.15, -0.1) is 0 Å². The Bertz CT molecular complexity index is 323. The molecule has 1 fully saturated rings. The summed E-state index contributed by atoms with van der Waals surface area (Å²) < 4.78 is 4.78. The van der Waals surface area contributed by atoms with E-state index in [0.717, 1.165) is 25.1 Å². The second kappa shape index (κ2) is 4.44. The fraction of sp³-hybridized carbons (Fsp3) is 0.600. The Hall–Kier alpha value is -1.36. The van der Waals surface area contributed by atoms with Crippen LogP contribution in [0.25, 0.3) is 0 Å². The smallest absolute Gasteiger partial charge is 0.323 e. The van der Waals surface area contributed by atoms with Gasteiger partial charge in [-0.05, 0) is 19.4 Å². The number of esters is 1. The first-order chi connectivity index (χ1) is 7.33. The highest BCUT2D eigenvalue weighted by Crippen LogP contribution is 2.26. The number of methoxy groups -OCH3 is 1. The number of imidazole rings is 1. The number of hydrogen-bond donors (Lipinski definition) is 2. The van der Waals surface area contributed by atoms with Gasteiger partial charge in [-0.1, -0.05) is 0 Å². The van der Waals surface area contributed by atoms with Gasteiger partial charge in [-0.3, -0.25) is 4.79 Å². The number of nitrogens with zero attached hydrogens (tertiary/aromatic N) is 1. The number of H-pyrrole nitrogens is 1. The number of rotatable bonds is 2. The summed E-state index contributed by atoms with van der Waals surface area (Å²) in [6.45, 7) is 0.865. The lowest BCUT2D eigenvalue weighted by molar-refractivity contribution is -0.144. The third-order valence-electron chi connectivity index (χ3n) is 2.83. The first-order valence-corrected chi connectivity index (χ1v) is 5.12.